The van der Waals surface area contributed by atoms with E-state index in [4.69, 9.17) is 0 Å². The second-order valence-corrected chi connectivity index (χ2v) is 7.19. The average Bonchev–Trinajstić information content (AvgIpc) is 3.27. The monoisotopic (exact) mass is 424 g/mol. The molecule has 0 radical (unpaired) electrons. The van der Waals surface area contributed by atoms with Crippen LogP contribution in [-0.4, -0.2) is 37.8 Å². The molecule has 0 aliphatic rings. The summed E-state index contributed by atoms with van der Waals surface area (Å²) in [7, 11) is 0. The molecule has 0 saturated carbocycles. The fraction of sp³-hybridized carbons (Fsp3) is 0.208. The zero-order valence-electron chi connectivity index (χ0n) is 18.3. The van der Waals surface area contributed by atoms with Crippen LogP contribution in [0.2, 0.25) is 0 Å². The molecule has 1 N–H and O–H groups in total. The molecule has 8 heteroatoms. The van der Waals surface area contributed by atoms with Crippen molar-refractivity contribution in [1.82, 2.24) is 24.7 Å². The first-order chi connectivity index (χ1) is 15.6. The molecule has 0 aliphatic heterocycles. The van der Waals surface area contributed by atoms with Crippen LogP contribution in [0.1, 0.15) is 25.2 Å². The maximum atomic E-state index is 9.50. The first-order valence-electron chi connectivity index (χ1n) is 10.5. The smallest absolute Gasteiger partial charge is 0.227 e. The topological polar surface area (TPSA) is 95.6 Å². The minimum Gasteiger partial charge on any atom is -0.371 e. The van der Waals surface area contributed by atoms with Gasteiger partial charge in [-0.25, -0.2) is 19.6 Å². The Balaban J connectivity index is 1.58. The van der Waals surface area contributed by atoms with E-state index in [2.05, 4.69) is 50.2 Å². The van der Waals surface area contributed by atoms with Gasteiger partial charge in [0.15, 0.2) is 0 Å². The molecule has 4 aromatic rings. The van der Waals surface area contributed by atoms with Gasteiger partial charge in [-0.05, 0) is 63.2 Å². The Hall–Kier alpha value is -4.25. The van der Waals surface area contributed by atoms with Crippen molar-refractivity contribution in [3.05, 3.63) is 72.4 Å². The standard InChI is InChI=1S/C24H24N8/c1-4-31(5-2)23-14-18(6-7-19(23)15-25)22-12-13-26-24(29-22)28-20-8-10-21(11-9-20)32-16-27-17(3)30-32/h6-14,16H,4-5H2,1-3H3,(H,26,28,29). The molecule has 0 atom stereocenters. The number of hydrogen-bond donors (Lipinski definition) is 1. The van der Waals surface area contributed by atoms with Crippen molar-refractivity contribution in [2.75, 3.05) is 23.3 Å². The molecule has 0 aliphatic carbocycles. The molecule has 2 aromatic carbocycles. The lowest BCUT2D eigenvalue weighted by Crippen LogP contribution is -2.22. The van der Waals surface area contributed by atoms with Gasteiger partial charge in [0, 0.05) is 30.5 Å². The van der Waals surface area contributed by atoms with Crippen LogP contribution in [0.15, 0.2) is 61.1 Å². The van der Waals surface area contributed by atoms with Gasteiger partial charge in [0.1, 0.15) is 18.2 Å². The van der Waals surface area contributed by atoms with Crippen LogP contribution in [0.25, 0.3) is 16.9 Å². The van der Waals surface area contributed by atoms with Crippen LogP contribution >= 0.6 is 0 Å². The molecule has 2 heterocycles. The van der Waals surface area contributed by atoms with E-state index in [9.17, 15) is 5.26 Å². The van der Waals surface area contributed by atoms with Crippen molar-refractivity contribution in [3.8, 4) is 23.0 Å². The van der Waals surface area contributed by atoms with Gasteiger partial charge in [-0.3, -0.25) is 0 Å². The summed E-state index contributed by atoms with van der Waals surface area (Å²) in [5, 5.41) is 17.1. The third kappa shape index (κ3) is 4.42. The number of nitrogens with zero attached hydrogens (tertiary/aromatic N) is 7. The fourth-order valence-electron chi connectivity index (χ4n) is 3.49. The normalized spacial score (nSPS) is 10.6. The molecule has 0 amide bonds. The molecule has 32 heavy (non-hydrogen) atoms. The molecule has 0 spiro atoms. The van der Waals surface area contributed by atoms with Gasteiger partial charge < -0.3 is 10.2 Å². The van der Waals surface area contributed by atoms with E-state index in [0.717, 1.165) is 47.2 Å². The van der Waals surface area contributed by atoms with Crippen molar-refractivity contribution in [1.29, 1.82) is 5.26 Å². The molecule has 8 nitrogen and oxygen atoms in total. The lowest BCUT2D eigenvalue weighted by molar-refractivity contribution is 0.863. The second kappa shape index (κ2) is 9.27. The van der Waals surface area contributed by atoms with Crippen molar-refractivity contribution in [2.24, 2.45) is 0 Å². The maximum Gasteiger partial charge on any atom is 0.227 e. The highest BCUT2D eigenvalue weighted by atomic mass is 15.3. The van der Waals surface area contributed by atoms with E-state index in [-0.39, 0.29) is 0 Å². The van der Waals surface area contributed by atoms with Crippen LogP contribution in [0.3, 0.4) is 0 Å². The fourth-order valence-corrected chi connectivity index (χ4v) is 3.49. The highest BCUT2D eigenvalue weighted by Crippen LogP contribution is 2.28. The van der Waals surface area contributed by atoms with Crippen molar-refractivity contribution < 1.29 is 0 Å². The van der Waals surface area contributed by atoms with Gasteiger partial charge in [-0.1, -0.05) is 6.07 Å². The number of hydrogen-bond acceptors (Lipinski definition) is 7. The zero-order valence-corrected chi connectivity index (χ0v) is 18.3. The largest absolute Gasteiger partial charge is 0.371 e. The Morgan fingerprint density at radius 3 is 2.47 bits per heavy atom. The quantitative estimate of drug-likeness (QED) is 0.467. The number of nitriles is 1. The SMILES string of the molecule is CCN(CC)c1cc(-c2ccnc(Nc3ccc(-n4cnc(C)n4)cc3)n2)ccc1C#N. The predicted molar refractivity (Wildman–Crippen MR) is 125 cm³/mol. The summed E-state index contributed by atoms with van der Waals surface area (Å²) >= 11 is 0. The van der Waals surface area contributed by atoms with Crippen LogP contribution < -0.4 is 10.2 Å². The van der Waals surface area contributed by atoms with Crippen LogP contribution in [-0.2, 0) is 0 Å². The van der Waals surface area contributed by atoms with Crippen LogP contribution in [0.4, 0.5) is 17.3 Å². The molecule has 0 fully saturated rings. The Morgan fingerprint density at radius 1 is 1.03 bits per heavy atom. The summed E-state index contributed by atoms with van der Waals surface area (Å²) in [5.41, 5.74) is 5.09. The number of aryl methyl sites for hydroxylation is 1. The summed E-state index contributed by atoms with van der Waals surface area (Å²) in [4.78, 5) is 15.4. The summed E-state index contributed by atoms with van der Waals surface area (Å²) in [6.07, 6.45) is 3.42. The Labute approximate surface area is 187 Å². The van der Waals surface area contributed by atoms with Crippen molar-refractivity contribution in [3.63, 3.8) is 0 Å². The summed E-state index contributed by atoms with van der Waals surface area (Å²) < 4.78 is 1.73. The average molecular weight is 425 g/mol. The Bertz CT molecular complexity index is 1250. The summed E-state index contributed by atoms with van der Waals surface area (Å²) in [5.74, 6) is 1.23. The Morgan fingerprint density at radius 2 is 1.81 bits per heavy atom. The van der Waals surface area contributed by atoms with Gasteiger partial charge in [-0.15, -0.1) is 0 Å². The van der Waals surface area contributed by atoms with Gasteiger partial charge >= 0.3 is 0 Å². The van der Waals surface area contributed by atoms with E-state index >= 15 is 0 Å². The predicted octanol–water partition coefficient (Wildman–Crippen LogP) is 4.49. The lowest BCUT2D eigenvalue weighted by atomic mass is 10.1. The lowest BCUT2D eigenvalue weighted by Gasteiger charge is -2.22. The second-order valence-electron chi connectivity index (χ2n) is 7.19. The Kier molecular flexibility index (Phi) is 6.08. The van der Waals surface area contributed by atoms with Gasteiger partial charge in [0.25, 0.3) is 0 Å². The van der Waals surface area contributed by atoms with E-state index in [1.54, 1.807) is 17.2 Å². The number of nitrogens with one attached hydrogen (secondary N) is 1. The zero-order chi connectivity index (χ0) is 22.5. The molecule has 160 valence electrons. The molecular formula is C24H24N8. The van der Waals surface area contributed by atoms with E-state index < -0.39 is 0 Å². The van der Waals surface area contributed by atoms with Gasteiger partial charge in [0.05, 0.1) is 22.6 Å². The van der Waals surface area contributed by atoms with Gasteiger partial charge in [0.2, 0.25) is 5.95 Å². The third-order valence-corrected chi connectivity index (χ3v) is 5.17. The van der Waals surface area contributed by atoms with E-state index in [1.807, 2.05) is 55.5 Å². The molecule has 2 aromatic heterocycles. The van der Waals surface area contributed by atoms with Crippen molar-refractivity contribution >= 4 is 17.3 Å². The van der Waals surface area contributed by atoms with E-state index in [1.165, 1.54) is 0 Å². The molecule has 0 unspecified atom stereocenters. The van der Waals surface area contributed by atoms with Crippen molar-refractivity contribution in [2.45, 2.75) is 20.8 Å². The number of aromatic nitrogens is 5. The number of anilines is 3. The molecule has 4 rings (SSSR count). The minimum absolute atomic E-state index is 0.501. The number of rotatable bonds is 7. The molecular weight excluding hydrogens is 400 g/mol. The van der Waals surface area contributed by atoms with Crippen LogP contribution in [0, 0.1) is 18.3 Å². The molecule has 0 bridgehead atoms. The first kappa shape index (κ1) is 21.0. The third-order valence-electron chi connectivity index (χ3n) is 5.17. The first-order valence-corrected chi connectivity index (χ1v) is 10.5. The summed E-state index contributed by atoms with van der Waals surface area (Å²) in [6.45, 7) is 7.68. The highest BCUT2D eigenvalue weighted by molar-refractivity contribution is 5.71. The minimum atomic E-state index is 0.501. The number of benzene rings is 2. The maximum absolute atomic E-state index is 9.50. The van der Waals surface area contributed by atoms with Crippen LogP contribution in [0.5, 0.6) is 0 Å². The highest BCUT2D eigenvalue weighted by Gasteiger charge is 2.12. The van der Waals surface area contributed by atoms with E-state index in [0.29, 0.717) is 11.5 Å². The molecule has 0 saturated heterocycles. The van der Waals surface area contributed by atoms with Gasteiger partial charge in [-0.2, -0.15) is 10.4 Å². The summed E-state index contributed by atoms with van der Waals surface area (Å²) in [6, 6.07) is 17.8.